The van der Waals surface area contributed by atoms with Crippen molar-refractivity contribution in [3.05, 3.63) is 17.2 Å². The minimum Gasteiger partial charge on any atom is -0.493 e. The highest BCUT2D eigenvalue weighted by molar-refractivity contribution is 6.04. The van der Waals surface area contributed by atoms with Crippen LogP contribution in [0.5, 0.6) is 17.2 Å². The minimum absolute atomic E-state index is 0.622. The van der Waals surface area contributed by atoms with Gasteiger partial charge in [0.1, 0.15) is 0 Å². The first-order chi connectivity index (χ1) is 8.76. The Kier molecular flexibility index (Phi) is 3.60. The summed E-state index contributed by atoms with van der Waals surface area (Å²) in [5.41, 5.74) is 2.97. The maximum atomic E-state index is 5.47. The van der Waals surface area contributed by atoms with Crippen molar-refractivity contribution in [2.24, 2.45) is 10.9 Å². The third kappa shape index (κ3) is 1.85. The van der Waals surface area contributed by atoms with Crippen molar-refractivity contribution < 1.29 is 14.2 Å². The first-order valence-electron chi connectivity index (χ1n) is 5.85. The summed E-state index contributed by atoms with van der Waals surface area (Å²) in [5.74, 6) is 7.42. The van der Waals surface area contributed by atoms with Gasteiger partial charge in [-0.3, -0.25) is 0 Å². The molecule has 5 nitrogen and oxygen atoms in total. The van der Waals surface area contributed by atoms with E-state index in [4.69, 9.17) is 20.1 Å². The molecule has 0 saturated carbocycles. The van der Waals surface area contributed by atoms with Gasteiger partial charge < -0.3 is 20.1 Å². The second-order valence-electron chi connectivity index (χ2n) is 4.10. The van der Waals surface area contributed by atoms with Crippen LogP contribution in [0.15, 0.2) is 11.2 Å². The highest BCUT2D eigenvalue weighted by Crippen LogP contribution is 2.44. The summed E-state index contributed by atoms with van der Waals surface area (Å²) in [6.07, 6.45) is 2.81. The fourth-order valence-electron chi connectivity index (χ4n) is 2.42. The van der Waals surface area contributed by atoms with E-state index >= 15 is 0 Å². The van der Waals surface area contributed by atoms with Crippen molar-refractivity contribution in [1.29, 1.82) is 0 Å². The Morgan fingerprint density at radius 3 is 2.33 bits per heavy atom. The number of fused-ring (bicyclic) bond motifs is 1. The number of hydrazone groups is 1. The number of methoxy groups -OCH3 is 3. The van der Waals surface area contributed by atoms with Crippen molar-refractivity contribution in [3.8, 4) is 17.2 Å². The van der Waals surface area contributed by atoms with Gasteiger partial charge in [0.2, 0.25) is 5.75 Å². The second-order valence-corrected chi connectivity index (χ2v) is 4.10. The van der Waals surface area contributed by atoms with E-state index in [1.54, 1.807) is 21.3 Å². The molecule has 0 bridgehead atoms. The maximum absolute atomic E-state index is 5.47. The molecule has 0 spiro atoms. The Morgan fingerprint density at radius 2 is 1.78 bits per heavy atom. The Labute approximate surface area is 107 Å². The van der Waals surface area contributed by atoms with Gasteiger partial charge in [0.05, 0.1) is 27.0 Å². The first kappa shape index (κ1) is 12.5. The Bertz CT molecular complexity index is 484. The van der Waals surface area contributed by atoms with Crippen LogP contribution in [0.2, 0.25) is 0 Å². The van der Waals surface area contributed by atoms with E-state index in [1.807, 2.05) is 6.07 Å². The Morgan fingerprint density at radius 1 is 1.06 bits per heavy atom. The Balaban J connectivity index is 2.70. The van der Waals surface area contributed by atoms with Gasteiger partial charge in [-0.1, -0.05) is 0 Å². The quantitative estimate of drug-likeness (QED) is 0.655. The van der Waals surface area contributed by atoms with Gasteiger partial charge in [-0.05, 0) is 25.3 Å². The number of benzene rings is 1. The van der Waals surface area contributed by atoms with Gasteiger partial charge >= 0.3 is 0 Å². The lowest BCUT2D eigenvalue weighted by Crippen LogP contribution is -2.15. The number of rotatable bonds is 3. The maximum Gasteiger partial charge on any atom is 0.203 e. The van der Waals surface area contributed by atoms with E-state index in [2.05, 4.69) is 5.10 Å². The van der Waals surface area contributed by atoms with Crippen LogP contribution >= 0.6 is 0 Å². The zero-order valence-corrected chi connectivity index (χ0v) is 10.9. The summed E-state index contributed by atoms with van der Waals surface area (Å²) in [4.78, 5) is 0. The van der Waals surface area contributed by atoms with E-state index in [0.717, 1.165) is 36.1 Å². The van der Waals surface area contributed by atoms with Crippen molar-refractivity contribution in [3.63, 3.8) is 0 Å². The van der Waals surface area contributed by atoms with Gasteiger partial charge in [0, 0.05) is 11.1 Å². The molecule has 0 fully saturated rings. The molecule has 0 unspecified atom stereocenters. The number of nitrogens with two attached hydrogens (primary N) is 1. The number of nitrogens with zero attached hydrogens (tertiary/aromatic N) is 1. The van der Waals surface area contributed by atoms with Crippen LogP contribution in [0.1, 0.15) is 24.0 Å². The fourth-order valence-corrected chi connectivity index (χ4v) is 2.42. The van der Waals surface area contributed by atoms with Crippen molar-refractivity contribution in [2.45, 2.75) is 19.3 Å². The molecule has 1 aromatic rings. The first-order valence-corrected chi connectivity index (χ1v) is 5.85. The van der Waals surface area contributed by atoms with E-state index in [-0.39, 0.29) is 0 Å². The Hall–Kier alpha value is -1.91. The summed E-state index contributed by atoms with van der Waals surface area (Å²) < 4.78 is 16.2. The molecule has 2 rings (SSSR count). The van der Waals surface area contributed by atoms with Crippen LogP contribution in [-0.2, 0) is 6.42 Å². The number of hydrogen-bond acceptors (Lipinski definition) is 5. The van der Waals surface area contributed by atoms with Gasteiger partial charge in [0.25, 0.3) is 0 Å². The molecule has 0 radical (unpaired) electrons. The van der Waals surface area contributed by atoms with E-state index in [1.165, 1.54) is 0 Å². The molecule has 1 aromatic carbocycles. The highest BCUT2D eigenvalue weighted by Gasteiger charge is 2.25. The number of ether oxygens (including phenoxy) is 3. The van der Waals surface area contributed by atoms with Crippen molar-refractivity contribution in [2.75, 3.05) is 21.3 Å². The summed E-state index contributed by atoms with van der Waals surface area (Å²) >= 11 is 0. The van der Waals surface area contributed by atoms with Crippen LogP contribution in [0, 0.1) is 0 Å². The van der Waals surface area contributed by atoms with Crippen LogP contribution in [0.3, 0.4) is 0 Å². The molecule has 18 heavy (non-hydrogen) atoms. The van der Waals surface area contributed by atoms with Crippen molar-refractivity contribution in [1.82, 2.24) is 0 Å². The standard InChI is InChI=1S/C13H18N2O3/c1-16-11-7-9-8(5-4-6-10(9)15-14)12(17-2)13(11)18-3/h7H,4-6,14H2,1-3H3/b15-10-. The van der Waals surface area contributed by atoms with Gasteiger partial charge in [0.15, 0.2) is 11.5 Å². The fraction of sp³-hybridized carbons (Fsp3) is 0.462. The normalized spacial score (nSPS) is 16.3. The molecule has 0 aliphatic heterocycles. The van der Waals surface area contributed by atoms with E-state index in [0.29, 0.717) is 17.2 Å². The van der Waals surface area contributed by atoms with Crippen LogP contribution in [-0.4, -0.2) is 27.0 Å². The molecule has 0 amide bonds. The highest BCUT2D eigenvalue weighted by atomic mass is 16.5. The molecule has 1 aliphatic carbocycles. The average molecular weight is 250 g/mol. The van der Waals surface area contributed by atoms with E-state index in [9.17, 15) is 0 Å². The smallest absolute Gasteiger partial charge is 0.203 e. The SMILES string of the molecule is COc1cc2c(c(OC)c1OC)CCC/C2=N/N. The molecular weight excluding hydrogens is 232 g/mol. The molecule has 2 N–H and O–H groups in total. The summed E-state index contributed by atoms with van der Waals surface area (Å²) in [6.45, 7) is 0. The lowest BCUT2D eigenvalue weighted by Gasteiger charge is -2.23. The molecule has 5 heteroatoms. The number of hydrogen-bond donors (Lipinski definition) is 1. The van der Waals surface area contributed by atoms with Crippen molar-refractivity contribution >= 4 is 5.71 Å². The summed E-state index contributed by atoms with van der Waals surface area (Å²) in [7, 11) is 4.84. The van der Waals surface area contributed by atoms with Gasteiger partial charge in [-0.15, -0.1) is 0 Å². The molecular formula is C13H18N2O3. The topological polar surface area (TPSA) is 66.1 Å². The summed E-state index contributed by atoms with van der Waals surface area (Å²) in [5, 5.41) is 3.86. The molecule has 1 aliphatic rings. The molecule has 0 atom stereocenters. The monoisotopic (exact) mass is 250 g/mol. The van der Waals surface area contributed by atoms with Crippen LogP contribution in [0.4, 0.5) is 0 Å². The predicted molar refractivity (Wildman–Crippen MR) is 69.8 cm³/mol. The molecule has 98 valence electrons. The van der Waals surface area contributed by atoms with Gasteiger partial charge in [-0.25, -0.2) is 0 Å². The molecule has 0 saturated heterocycles. The van der Waals surface area contributed by atoms with Crippen LogP contribution < -0.4 is 20.1 Å². The van der Waals surface area contributed by atoms with E-state index < -0.39 is 0 Å². The molecule has 0 aromatic heterocycles. The third-order valence-electron chi connectivity index (χ3n) is 3.24. The largest absolute Gasteiger partial charge is 0.493 e. The van der Waals surface area contributed by atoms with Crippen LogP contribution in [0.25, 0.3) is 0 Å². The lowest BCUT2D eigenvalue weighted by molar-refractivity contribution is 0.321. The molecule has 0 heterocycles. The summed E-state index contributed by atoms with van der Waals surface area (Å²) in [6, 6.07) is 1.92. The zero-order chi connectivity index (χ0) is 13.1. The van der Waals surface area contributed by atoms with Gasteiger partial charge in [-0.2, -0.15) is 5.10 Å². The predicted octanol–water partition coefficient (Wildman–Crippen LogP) is 1.71. The second kappa shape index (κ2) is 5.16. The lowest BCUT2D eigenvalue weighted by atomic mass is 9.88. The zero-order valence-electron chi connectivity index (χ0n) is 10.9. The minimum atomic E-state index is 0.622. The third-order valence-corrected chi connectivity index (χ3v) is 3.24. The average Bonchev–Trinajstić information content (AvgIpc) is 2.44.